The Hall–Kier alpha value is -2.70. The van der Waals surface area contributed by atoms with Crippen molar-refractivity contribution in [3.8, 4) is 0 Å². The van der Waals surface area contributed by atoms with Gasteiger partial charge in [0.2, 0.25) is 0 Å². The Kier molecular flexibility index (Phi) is 7.24. The lowest BCUT2D eigenvalue weighted by atomic mass is 9.82. The van der Waals surface area contributed by atoms with Crippen LogP contribution in [-0.2, 0) is 0 Å². The molecule has 1 aliphatic carbocycles. The summed E-state index contributed by atoms with van der Waals surface area (Å²) in [6.07, 6.45) is 5.12. The Labute approximate surface area is 178 Å². The van der Waals surface area contributed by atoms with Crippen molar-refractivity contribution < 1.29 is 9.59 Å². The van der Waals surface area contributed by atoms with Gasteiger partial charge in [0, 0.05) is 22.5 Å². The van der Waals surface area contributed by atoms with E-state index in [1.54, 1.807) is 24.3 Å². The highest BCUT2D eigenvalue weighted by Crippen LogP contribution is 2.35. The summed E-state index contributed by atoms with van der Waals surface area (Å²) >= 11 is 0. The van der Waals surface area contributed by atoms with Gasteiger partial charge in [0.05, 0.1) is 23.5 Å². The summed E-state index contributed by atoms with van der Waals surface area (Å²) in [4.78, 5) is 26.8. The van der Waals surface area contributed by atoms with Crippen molar-refractivity contribution in [1.29, 1.82) is 0 Å². The molecule has 0 amide bonds. The molecule has 3 rings (SSSR count). The quantitative estimate of drug-likeness (QED) is 0.374. The predicted molar refractivity (Wildman–Crippen MR) is 122 cm³/mol. The van der Waals surface area contributed by atoms with Crippen molar-refractivity contribution in [1.82, 2.24) is 0 Å². The van der Waals surface area contributed by atoms with Gasteiger partial charge in [-0.1, -0.05) is 63.8 Å². The van der Waals surface area contributed by atoms with Crippen LogP contribution in [0, 0.1) is 0 Å². The average molecular weight is 409 g/mol. The van der Waals surface area contributed by atoms with Gasteiger partial charge in [-0.15, -0.1) is 0 Å². The molecule has 0 radical (unpaired) electrons. The Morgan fingerprint density at radius 1 is 0.733 bits per heavy atom. The van der Waals surface area contributed by atoms with E-state index < -0.39 is 0 Å². The minimum absolute atomic E-state index is 0.170. The molecule has 2 unspecified atom stereocenters. The van der Waals surface area contributed by atoms with Crippen molar-refractivity contribution >= 4 is 22.9 Å². The molecule has 6 N–H and O–H groups in total. The van der Waals surface area contributed by atoms with E-state index in [1.807, 2.05) is 12.1 Å². The van der Waals surface area contributed by atoms with Gasteiger partial charge in [0.25, 0.3) is 0 Å². The maximum absolute atomic E-state index is 13.4. The number of anilines is 2. The van der Waals surface area contributed by atoms with E-state index in [0.717, 1.165) is 38.5 Å². The number of carbonyl (C=O) groups excluding carboxylic acids is 2. The second-order valence-electron chi connectivity index (χ2n) is 7.90. The third-order valence-electron chi connectivity index (χ3n) is 5.49. The van der Waals surface area contributed by atoms with Crippen molar-refractivity contribution in [3.05, 3.63) is 58.7 Å². The van der Waals surface area contributed by atoms with E-state index in [4.69, 9.17) is 11.5 Å². The Morgan fingerprint density at radius 3 is 1.50 bits per heavy atom. The van der Waals surface area contributed by atoms with E-state index >= 15 is 0 Å². The van der Waals surface area contributed by atoms with Gasteiger partial charge in [-0.05, 0) is 25.0 Å². The third kappa shape index (κ3) is 4.55. The number of nitrogens with two attached hydrogens (primary N) is 2. The fourth-order valence-electron chi connectivity index (χ4n) is 3.87. The van der Waals surface area contributed by atoms with Crippen LogP contribution >= 0.6 is 0 Å². The van der Waals surface area contributed by atoms with Gasteiger partial charge in [-0.3, -0.25) is 9.59 Å². The molecule has 30 heavy (non-hydrogen) atoms. The van der Waals surface area contributed by atoms with Gasteiger partial charge >= 0.3 is 0 Å². The maximum Gasteiger partial charge on any atom is 0.196 e. The highest BCUT2D eigenvalue weighted by molar-refractivity contribution is 6.31. The zero-order valence-electron chi connectivity index (χ0n) is 17.8. The minimum Gasteiger partial charge on any atom is -0.369 e. The summed E-state index contributed by atoms with van der Waals surface area (Å²) in [5.41, 5.74) is 15.2. The van der Waals surface area contributed by atoms with Crippen molar-refractivity contribution in [3.63, 3.8) is 0 Å². The average Bonchev–Trinajstić information content (AvgIpc) is 2.74. The summed E-state index contributed by atoms with van der Waals surface area (Å²) in [5, 5.41) is 6.45. The smallest absolute Gasteiger partial charge is 0.196 e. The van der Waals surface area contributed by atoms with E-state index in [9.17, 15) is 9.59 Å². The summed E-state index contributed by atoms with van der Waals surface area (Å²) < 4.78 is 0. The van der Waals surface area contributed by atoms with Crippen LogP contribution in [0.1, 0.15) is 84.2 Å². The van der Waals surface area contributed by atoms with Crippen LogP contribution in [0.5, 0.6) is 0 Å². The second-order valence-corrected chi connectivity index (χ2v) is 7.90. The molecule has 0 aromatic heterocycles. The van der Waals surface area contributed by atoms with E-state index in [-0.39, 0.29) is 23.9 Å². The van der Waals surface area contributed by atoms with E-state index in [0.29, 0.717) is 33.6 Å². The van der Waals surface area contributed by atoms with E-state index in [1.165, 1.54) is 0 Å². The second kappa shape index (κ2) is 9.87. The number of ketones is 2. The lowest BCUT2D eigenvalue weighted by molar-refractivity contribution is 0.0980. The largest absolute Gasteiger partial charge is 0.369 e. The standard InChI is InChI=1S/C24H32N4O2/c1-3-5-13-19(25)27-17-11-7-9-15-21(17)23(29)16-10-8-12-18(22(16)24(15)30)28-20(26)14-6-4-2/h7-12,19-20,27-28H,3-6,13-14,25-26H2,1-2H3. The molecule has 0 aliphatic heterocycles. The fourth-order valence-corrected chi connectivity index (χ4v) is 3.87. The number of nitrogens with one attached hydrogen (secondary N) is 2. The lowest BCUT2D eigenvalue weighted by Crippen LogP contribution is -2.33. The molecule has 0 heterocycles. The number of rotatable bonds is 10. The van der Waals surface area contributed by atoms with Crippen molar-refractivity contribution in [2.75, 3.05) is 10.6 Å². The van der Waals surface area contributed by atoms with Gasteiger partial charge in [-0.25, -0.2) is 0 Å². The normalized spacial score (nSPS) is 14.7. The van der Waals surface area contributed by atoms with Gasteiger partial charge in [0.15, 0.2) is 11.6 Å². The summed E-state index contributed by atoms with van der Waals surface area (Å²) in [7, 11) is 0. The SMILES string of the molecule is CCCCC(N)Nc1cccc2c1C(=O)c1cccc(NC(N)CCCC)c1C2=O. The summed E-state index contributed by atoms with van der Waals surface area (Å²) in [5.74, 6) is -0.340. The predicted octanol–water partition coefficient (Wildman–Crippen LogP) is 4.24. The molecule has 2 atom stereocenters. The van der Waals surface area contributed by atoms with Crippen molar-refractivity contribution in [2.24, 2.45) is 11.5 Å². The van der Waals surface area contributed by atoms with Crippen LogP contribution in [0.15, 0.2) is 36.4 Å². The number of fused-ring (bicyclic) bond motifs is 2. The highest BCUT2D eigenvalue weighted by atomic mass is 16.1. The number of benzene rings is 2. The first-order valence-corrected chi connectivity index (χ1v) is 10.9. The number of carbonyl (C=O) groups is 2. The van der Waals surface area contributed by atoms with Crippen molar-refractivity contribution in [2.45, 2.75) is 64.7 Å². The zero-order chi connectivity index (χ0) is 21.7. The molecule has 6 heteroatoms. The molecule has 160 valence electrons. The summed E-state index contributed by atoms with van der Waals surface area (Å²) in [6.45, 7) is 4.21. The molecule has 0 saturated heterocycles. The molecule has 0 saturated carbocycles. The third-order valence-corrected chi connectivity index (χ3v) is 5.49. The molecule has 2 aromatic carbocycles. The van der Waals surface area contributed by atoms with Crippen LogP contribution in [0.25, 0.3) is 0 Å². The number of hydrogen-bond donors (Lipinski definition) is 4. The molecule has 0 spiro atoms. The molecule has 6 nitrogen and oxygen atoms in total. The molecule has 2 aromatic rings. The molecule has 1 aliphatic rings. The van der Waals surface area contributed by atoms with Crippen LogP contribution in [-0.4, -0.2) is 23.9 Å². The maximum atomic E-state index is 13.4. The first-order chi connectivity index (χ1) is 14.5. The van der Waals surface area contributed by atoms with Gasteiger partial charge in [-0.2, -0.15) is 0 Å². The number of unbranched alkanes of at least 4 members (excludes halogenated alkanes) is 2. The van der Waals surface area contributed by atoms with Crippen LogP contribution in [0.3, 0.4) is 0 Å². The highest BCUT2D eigenvalue weighted by Gasteiger charge is 2.33. The number of hydrogen-bond acceptors (Lipinski definition) is 6. The minimum atomic E-state index is -0.273. The Morgan fingerprint density at radius 2 is 1.13 bits per heavy atom. The zero-order valence-corrected chi connectivity index (χ0v) is 17.8. The van der Waals surface area contributed by atoms with Crippen LogP contribution in [0.2, 0.25) is 0 Å². The first-order valence-electron chi connectivity index (χ1n) is 10.9. The van der Waals surface area contributed by atoms with Gasteiger partial charge in [0.1, 0.15) is 0 Å². The van der Waals surface area contributed by atoms with Crippen LogP contribution in [0.4, 0.5) is 11.4 Å². The van der Waals surface area contributed by atoms with Crippen LogP contribution < -0.4 is 22.1 Å². The molecule has 0 bridgehead atoms. The van der Waals surface area contributed by atoms with E-state index in [2.05, 4.69) is 24.5 Å². The summed E-state index contributed by atoms with van der Waals surface area (Å²) in [6, 6.07) is 10.6. The lowest BCUT2D eigenvalue weighted by Gasteiger charge is -2.25. The molecular formula is C24H32N4O2. The molecule has 0 fully saturated rings. The first kappa shape index (κ1) is 22.0. The monoisotopic (exact) mass is 408 g/mol. The Balaban J connectivity index is 1.95. The molecular weight excluding hydrogens is 376 g/mol. The fraction of sp³-hybridized carbons (Fsp3) is 0.417. The van der Waals surface area contributed by atoms with Gasteiger partial charge < -0.3 is 22.1 Å². The topological polar surface area (TPSA) is 110 Å². The Bertz CT molecular complexity index is 850.